The first-order valence-electron chi connectivity index (χ1n) is 7.65. The van der Waals surface area contributed by atoms with Gasteiger partial charge in [0.1, 0.15) is 0 Å². The van der Waals surface area contributed by atoms with Gasteiger partial charge in [-0.1, -0.05) is 64.7 Å². The van der Waals surface area contributed by atoms with E-state index in [9.17, 15) is 4.79 Å². The monoisotopic (exact) mass is 281 g/mol. The van der Waals surface area contributed by atoms with Crippen molar-refractivity contribution in [3.05, 3.63) is 23.4 Å². The number of nitrogens with zero attached hydrogens (tertiary/aromatic N) is 1. The smallest absolute Gasteiger partial charge is 0.339 e. The van der Waals surface area contributed by atoms with Crippen LogP contribution in [-0.4, -0.2) is 17.7 Å². The van der Waals surface area contributed by atoms with E-state index in [1.54, 1.807) is 0 Å². The molecule has 0 saturated heterocycles. The van der Waals surface area contributed by atoms with Crippen LogP contribution < -0.4 is 0 Å². The maximum atomic E-state index is 11.2. The van der Waals surface area contributed by atoms with E-state index in [4.69, 9.17) is 16.4 Å². The molecule has 0 aromatic heterocycles. The Hall–Kier alpha value is -1.50. The van der Waals surface area contributed by atoms with Crippen molar-refractivity contribution in [1.82, 2.24) is 0 Å². The Labute approximate surface area is 122 Å². The van der Waals surface area contributed by atoms with E-state index in [-0.39, 0.29) is 5.70 Å². The van der Waals surface area contributed by atoms with Crippen molar-refractivity contribution < 1.29 is 14.6 Å². The molecule has 0 aliphatic heterocycles. The number of aliphatic hydroxyl groups is 1. The molecule has 1 N–H and O–H groups in total. The molecule has 0 radical (unpaired) electrons. The summed E-state index contributed by atoms with van der Waals surface area (Å²) in [6, 6.07) is 0. The molecule has 0 spiro atoms. The van der Waals surface area contributed by atoms with Crippen LogP contribution in [0.2, 0.25) is 0 Å². The molecule has 0 aliphatic rings. The third kappa shape index (κ3) is 10.4. The Morgan fingerprint density at radius 3 is 2.00 bits per heavy atom. The summed E-state index contributed by atoms with van der Waals surface area (Å²) >= 11 is 0. The standard InChI is InChI=1S/C16H27NO3/c1-3-4-5-6-7-8-9-10-11-12-13-20-16(19)15(14-18)17-2/h14,18H,3-13H2,1H3/b15-14-. The van der Waals surface area contributed by atoms with E-state index in [0.29, 0.717) is 12.9 Å². The summed E-state index contributed by atoms with van der Waals surface area (Å²) in [5, 5.41) is 8.60. The average Bonchev–Trinajstić information content (AvgIpc) is 2.46. The molecule has 0 unspecified atom stereocenters. The summed E-state index contributed by atoms with van der Waals surface area (Å²) < 4.78 is 4.88. The van der Waals surface area contributed by atoms with Gasteiger partial charge in [-0.25, -0.2) is 4.85 Å². The minimum Gasteiger partial charge on any atom is -0.526 e. The Morgan fingerprint density at radius 1 is 1.05 bits per heavy atom. The first-order chi connectivity index (χ1) is 9.76. The Kier molecular flexibility index (Phi) is 12.9. The van der Waals surface area contributed by atoms with Gasteiger partial charge in [0.15, 0.2) is 0 Å². The molecule has 0 saturated carbocycles. The highest BCUT2D eigenvalue weighted by Gasteiger charge is 2.10. The van der Waals surface area contributed by atoms with E-state index in [2.05, 4.69) is 11.8 Å². The van der Waals surface area contributed by atoms with Crippen LogP contribution in [0.25, 0.3) is 4.85 Å². The molecule has 20 heavy (non-hydrogen) atoms. The van der Waals surface area contributed by atoms with Gasteiger partial charge in [-0.3, -0.25) is 4.79 Å². The highest BCUT2D eigenvalue weighted by atomic mass is 16.5. The highest BCUT2D eigenvalue weighted by Crippen LogP contribution is 2.10. The first kappa shape index (κ1) is 18.5. The number of ether oxygens (including phenoxy) is 1. The number of carbonyl (C=O) groups is 1. The molecule has 0 atom stereocenters. The van der Waals surface area contributed by atoms with Crippen LogP contribution in [0.15, 0.2) is 12.0 Å². The fraction of sp³-hybridized carbons (Fsp3) is 0.750. The molecular formula is C16H27NO3. The van der Waals surface area contributed by atoms with Gasteiger partial charge in [0.25, 0.3) is 0 Å². The third-order valence-corrected chi connectivity index (χ3v) is 3.18. The second kappa shape index (κ2) is 13.9. The van der Waals surface area contributed by atoms with Crippen molar-refractivity contribution in [2.75, 3.05) is 6.61 Å². The minimum atomic E-state index is -0.738. The van der Waals surface area contributed by atoms with Crippen LogP contribution >= 0.6 is 0 Å². The van der Waals surface area contributed by atoms with E-state index < -0.39 is 5.97 Å². The number of aliphatic hydroxyl groups excluding tert-OH is 1. The molecule has 0 aliphatic carbocycles. The number of carbonyl (C=O) groups excluding carboxylic acids is 1. The number of hydrogen-bond donors (Lipinski definition) is 1. The predicted molar refractivity (Wildman–Crippen MR) is 80.1 cm³/mol. The van der Waals surface area contributed by atoms with Gasteiger partial charge in [-0.2, -0.15) is 0 Å². The van der Waals surface area contributed by atoms with Crippen LogP contribution in [0.1, 0.15) is 71.1 Å². The molecule has 0 bridgehead atoms. The molecule has 114 valence electrons. The zero-order chi connectivity index (χ0) is 15.1. The fourth-order valence-corrected chi connectivity index (χ4v) is 1.96. The van der Waals surface area contributed by atoms with Crippen molar-refractivity contribution in [3.8, 4) is 0 Å². The van der Waals surface area contributed by atoms with Gasteiger partial charge in [0, 0.05) is 0 Å². The normalized spacial score (nSPS) is 11.1. The molecule has 0 aromatic carbocycles. The summed E-state index contributed by atoms with van der Waals surface area (Å²) in [4.78, 5) is 14.1. The molecule has 4 nitrogen and oxygen atoms in total. The SMILES string of the molecule is [C-]#[N+]/C(=C\O)C(=O)OCCCCCCCCCCCC. The van der Waals surface area contributed by atoms with Crippen molar-refractivity contribution in [2.24, 2.45) is 0 Å². The zero-order valence-electron chi connectivity index (χ0n) is 12.6. The lowest BCUT2D eigenvalue weighted by atomic mass is 10.1. The zero-order valence-corrected chi connectivity index (χ0v) is 12.6. The second-order valence-electron chi connectivity index (χ2n) is 4.94. The third-order valence-electron chi connectivity index (χ3n) is 3.18. The second-order valence-corrected chi connectivity index (χ2v) is 4.94. The van der Waals surface area contributed by atoms with E-state index in [1.807, 2.05) is 0 Å². The predicted octanol–water partition coefficient (Wildman–Crippen LogP) is 4.77. The Morgan fingerprint density at radius 2 is 1.55 bits per heavy atom. The van der Waals surface area contributed by atoms with Crippen LogP contribution in [0.5, 0.6) is 0 Å². The summed E-state index contributed by atoms with van der Waals surface area (Å²) in [6.07, 6.45) is 12.7. The van der Waals surface area contributed by atoms with Gasteiger partial charge in [0.05, 0.1) is 19.4 Å². The van der Waals surface area contributed by atoms with Crippen LogP contribution in [-0.2, 0) is 9.53 Å². The van der Waals surface area contributed by atoms with E-state index in [0.717, 1.165) is 19.3 Å². The summed E-state index contributed by atoms with van der Waals surface area (Å²) in [7, 11) is 0. The lowest BCUT2D eigenvalue weighted by Crippen LogP contribution is -2.07. The van der Waals surface area contributed by atoms with Gasteiger partial charge in [-0.05, 0) is 6.42 Å². The van der Waals surface area contributed by atoms with Crippen LogP contribution in [0.3, 0.4) is 0 Å². The lowest BCUT2D eigenvalue weighted by Gasteiger charge is -2.04. The van der Waals surface area contributed by atoms with Crippen molar-refractivity contribution >= 4 is 5.97 Å². The molecular weight excluding hydrogens is 254 g/mol. The molecule has 0 rings (SSSR count). The van der Waals surface area contributed by atoms with Crippen LogP contribution in [0.4, 0.5) is 0 Å². The fourth-order valence-electron chi connectivity index (χ4n) is 1.96. The average molecular weight is 281 g/mol. The molecule has 4 heteroatoms. The van der Waals surface area contributed by atoms with Gasteiger partial charge >= 0.3 is 11.7 Å². The molecule has 0 amide bonds. The van der Waals surface area contributed by atoms with Crippen molar-refractivity contribution in [1.29, 1.82) is 0 Å². The number of rotatable bonds is 12. The van der Waals surface area contributed by atoms with E-state index in [1.165, 1.54) is 44.9 Å². The lowest BCUT2D eigenvalue weighted by molar-refractivity contribution is -0.138. The van der Waals surface area contributed by atoms with Crippen LogP contribution in [0, 0.1) is 6.57 Å². The van der Waals surface area contributed by atoms with Crippen molar-refractivity contribution in [2.45, 2.75) is 71.1 Å². The Balaban J connectivity index is 3.29. The van der Waals surface area contributed by atoms with Gasteiger partial charge in [0.2, 0.25) is 0 Å². The maximum Gasteiger partial charge on any atom is 0.339 e. The highest BCUT2D eigenvalue weighted by molar-refractivity contribution is 5.89. The summed E-state index contributed by atoms with van der Waals surface area (Å²) in [5.74, 6) is -0.738. The molecule has 0 heterocycles. The van der Waals surface area contributed by atoms with Gasteiger partial charge < -0.3 is 9.84 Å². The summed E-state index contributed by atoms with van der Waals surface area (Å²) in [6.45, 7) is 9.19. The maximum absolute atomic E-state index is 11.2. The molecule has 0 fully saturated rings. The number of esters is 1. The van der Waals surface area contributed by atoms with Gasteiger partial charge in [-0.15, -0.1) is 0 Å². The molecule has 0 aromatic rings. The Bertz CT molecular complexity index is 318. The first-order valence-corrected chi connectivity index (χ1v) is 7.65. The number of unbranched alkanes of at least 4 members (excludes halogenated alkanes) is 9. The van der Waals surface area contributed by atoms with E-state index >= 15 is 0 Å². The number of hydrogen-bond acceptors (Lipinski definition) is 3. The summed E-state index contributed by atoms with van der Waals surface area (Å²) in [5.41, 5.74) is -0.364. The van der Waals surface area contributed by atoms with Crippen molar-refractivity contribution in [3.63, 3.8) is 0 Å². The largest absolute Gasteiger partial charge is 0.526 e. The quantitative estimate of drug-likeness (QED) is 0.184. The minimum absolute atomic E-state index is 0.322. The topological polar surface area (TPSA) is 50.9 Å².